The number of hydrogen-bond donors (Lipinski definition) is 3. The normalized spacial score (nSPS) is 12.4. The molecule has 33 heavy (non-hydrogen) atoms. The highest BCUT2D eigenvalue weighted by Gasteiger charge is 2.24. The number of aromatic amines is 1. The second kappa shape index (κ2) is 9.24. The number of sulfonamides is 1. The summed E-state index contributed by atoms with van der Waals surface area (Å²) in [5.41, 5.74) is 7.77. The molecule has 176 valence electrons. The second-order valence-electron chi connectivity index (χ2n) is 8.40. The maximum absolute atomic E-state index is 12.2. The van der Waals surface area contributed by atoms with Gasteiger partial charge in [-0.05, 0) is 57.2 Å². The molecule has 1 aromatic heterocycles. The monoisotopic (exact) mass is 472 g/mol. The number of carbonyl (C=O) groups is 1. The van der Waals surface area contributed by atoms with Crippen LogP contribution in [0.25, 0.3) is 10.9 Å². The Morgan fingerprint density at radius 3 is 2.48 bits per heavy atom. The minimum absolute atomic E-state index is 0.0835. The van der Waals surface area contributed by atoms with Crippen LogP contribution in [0, 0.1) is 0 Å². The summed E-state index contributed by atoms with van der Waals surface area (Å²) >= 11 is 0. The summed E-state index contributed by atoms with van der Waals surface area (Å²) in [6, 6.07) is 11.6. The first-order chi connectivity index (χ1) is 15.4. The minimum Gasteiger partial charge on any atom is -0.494 e. The largest absolute Gasteiger partial charge is 0.494 e. The Hall–Kier alpha value is -3.37. The van der Waals surface area contributed by atoms with Crippen LogP contribution in [0.5, 0.6) is 5.88 Å². The lowest BCUT2D eigenvalue weighted by Crippen LogP contribution is -2.47. The maximum atomic E-state index is 12.2. The zero-order valence-electron chi connectivity index (χ0n) is 19.0. The third-order valence-corrected chi connectivity index (χ3v) is 5.90. The lowest BCUT2D eigenvalue weighted by molar-refractivity contribution is 0.0526. The molecule has 0 saturated carbocycles. The number of nitrogens with two attached hydrogens (primary N) is 1. The number of anilines is 1. The van der Waals surface area contributed by atoms with E-state index in [1.807, 2.05) is 0 Å². The molecule has 0 aliphatic heterocycles. The van der Waals surface area contributed by atoms with Gasteiger partial charge in [-0.25, -0.2) is 13.2 Å². The number of carbonyl (C=O) groups excluding carboxylic acids is 1. The summed E-state index contributed by atoms with van der Waals surface area (Å²) in [5.74, 6) is -0.523. The van der Waals surface area contributed by atoms with Gasteiger partial charge in [-0.1, -0.05) is 6.07 Å². The van der Waals surface area contributed by atoms with E-state index in [4.69, 9.17) is 10.5 Å². The van der Waals surface area contributed by atoms with E-state index in [2.05, 4.69) is 9.98 Å². The summed E-state index contributed by atoms with van der Waals surface area (Å²) in [7, 11) is -3.51. The predicted octanol–water partition coefficient (Wildman–Crippen LogP) is 3.30. The fraction of sp³-hybridized carbons (Fsp3) is 0.304. The van der Waals surface area contributed by atoms with Gasteiger partial charge < -0.3 is 20.6 Å². The Morgan fingerprint density at radius 1 is 1.24 bits per heavy atom. The van der Waals surface area contributed by atoms with E-state index >= 15 is 0 Å². The van der Waals surface area contributed by atoms with E-state index in [-0.39, 0.29) is 19.0 Å². The minimum atomic E-state index is -3.51. The van der Waals surface area contributed by atoms with Crippen molar-refractivity contribution in [3.63, 3.8) is 0 Å². The zero-order chi connectivity index (χ0) is 24.4. The lowest BCUT2D eigenvalue weighted by atomic mass is 10.1. The third-order valence-electron chi connectivity index (χ3n) is 4.76. The zero-order valence-corrected chi connectivity index (χ0v) is 19.8. The molecule has 0 aliphatic rings. The van der Waals surface area contributed by atoms with Crippen LogP contribution in [0.2, 0.25) is 0 Å². The molecule has 0 unspecified atom stereocenters. The van der Waals surface area contributed by atoms with E-state index < -0.39 is 21.5 Å². The van der Waals surface area contributed by atoms with Crippen molar-refractivity contribution in [2.24, 2.45) is 10.7 Å². The Morgan fingerprint density at radius 2 is 1.91 bits per heavy atom. The first kappa shape index (κ1) is 24.3. The lowest BCUT2D eigenvalue weighted by Gasteiger charge is -2.29. The number of aromatic nitrogens is 1. The number of benzene rings is 2. The van der Waals surface area contributed by atoms with Crippen molar-refractivity contribution >= 4 is 44.5 Å². The molecule has 0 spiro atoms. The molecule has 2 aromatic carbocycles. The van der Waals surface area contributed by atoms with Crippen LogP contribution in [-0.4, -0.2) is 55.6 Å². The molecule has 3 rings (SSSR count). The number of hydrogen-bond acceptors (Lipinski definition) is 7. The summed E-state index contributed by atoms with van der Waals surface area (Å²) in [6.07, 6.45) is 2.64. The number of H-pyrrole nitrogens is 1. The van der Waals surface area contributed by atoms with Gasteiger partial charge in [-0.2, -0.15) is 0 Å². The maximum Gasteiger partial charge on any atom is 0.338 e. The van der Waals surface area contributed by atoms with Gasteiger partial charge in [0, 0.05) is 22.7 Å². The Kier molecular flexibility index (Phi) is 6.80. The molecule has 0 fully saturated rings. The van der Waals surface area contributed by atoms with E-state index in [1.54, 1.807) is 63.2 Å². The number of aromatic hydroxyl groups is 1. The smallest absolute Gasteiger partial charge is 0.338 e. The molecule has 4 N–H and O–H groups in total. The number of aliphatic imine (C=N–C) groups is 1. The SMILES string of the molecule is CCOC(=O)c1ccc2c(C=Nc3ccc(N(CC(C)(C)N)S(C)(=O)=O)cc3)c(O)[nH]c2c1. The van der Waals surface area contributed by atoms with Gasteiger partial charge in [0.15, 0.2) is 5.88 Å². The molecular formula is C23H28N4O5S. The number of ether oxygens (including phenoxy) is 1. The highest BCUT2D eigenvalue weighted by atomic mass is 32.2. The van der Waals surface area contributed by atoms with Crippen molar-refractivity contribution in [1.82, 2.24) is 4.98 Å². The first-order valence-electron chi connectivity index (χ1n) is 10.3. The van der Waals surface area contributed by atoms with Crippen molar-refractivity contribution < 1.29 is 23.1 Å². The fourth-order valence-corrected chi connectivity index (χ4v) is 4.36. The van der Waals surface area contributed by atoms with Crippen molar-refractivity contribution in [2.75, 3.05) is 23.7 Å². The third kappa shape index (κ3) is 5.91. The van der Waals surface area contributed by atoms with Crippen molar-refractivity contribution in [3.05, 3.63) is 53.6 Å². The van der Waals surface area contributed by atoms with Crippen LogP contribution in [0.4, 0.5) is 11.4 Å². The van der Waals surface area contributed by atoms with Crippen LogP contribution in [0.3, 0.4) is 0 Å². The van der Waals surface area contributed by atoms with E-state index in [0.29, 0.717) is 33.4 Å². The average Bonchev–Trinajstić information content (AvgIpc) is 3.04. The molecule has 0 bridgehead atoms. The number of fused-ring (bicyclic) bond motifs is 1. The Balaban J connectivity index is 1.86. The quantitative estimate of drug-likeness (QED) is 0.340. The van der Waals surface area contributed by atoms with Gasteiger partial charge in [0.25, 0.3) is 0 Å². The summed E-state index contributed by atoms with van der Waals surface area (Å²) in [6.45, 7) is 5.65. The highest BCUT2D eigenvalue weighted by molar-refractivity contribution is 7.92. The Labute approximate surface area is 192 Å². The molecule has 0 radical (unpaired) electrons. The number of nitrogens with zero attached hydrogens (tertiary/aromatic N) is 2. The van der Waals surface area contributed by atoms with Gasteiger partial charge in [0.1, 0.15) is 0 Å². The Bertz CT molecular complexity index is 1290. The second-order valence-corrected chi connectivity index (χ2v) is 10.3. The first-order valence-corrected chi connectivity index (χ1v) is 12.2. The van der Waals surface area contributed by atoms with Gasteiger partial charge in [0.05, 0.1) is 41.9 Å². The molecule has 0 saturated heterocycles. The van der Waals surface area contributed by atoms with E-state index in [0.717, 1.165) is 6.26 Å². The predicted molar refractivity (Wildman–Crippen MR) is 130 cm³/mol. The van der Waals surface area contributed by atoms with Crippen molar-refractivity contribution in [2.45, 2.75) is 26.3 Å². The van der Waals surface area contributed by atoms with Crippen LogP contribution in [-0.2, 0) is 14.8 Å². The molecule has 3 aromatic rings. The molecule has 1 heterocycles. The topological polar surface area (TPSA) is 138 Å². The van der Waals surface area contributed by atoms with Crippen LogP contribution < -0.4 is 10.0 Å². The standard InChI is InChI=1S/C23H28N4O5S/c1-5-32-22(29)15-6-11-18-19(21(28)26-20(18)12-15)13-25-16-7-9-17(10-8-16)27(33(4,30)31)14-23(2,3)24/h6-13,26,28H,5,14,24H2,1-4H3. The fourth-order valence-electron chi connectivity index (χ4n) is 3.29. The van der Waals surface area contributed by atoms with E-state index in [9.17, 15) is 18.3 Å². The van der Waals surface area contributed by atoms with Gasteiger partial charge in [0.2, 0.25) is 10.0 Å². The average molecular weight is 473 g/mol. The molecule has 0 aliphatic carbocycles. The summed E-state index contributed by atoms with van der Waals surface area (Å²) < 4.78 is 30.7. The van der Waals surface area contributed by atoms with Crippen LogP contribution >= 0.6 is 0 Å². The molecular weight excluding hydrogens is 444 g/mol. The van der Waals surface area contributed by atoms with E-state index in [1.165, 1.54) is 10.5 Å². The van der Waals surface area contributed by atoms with Crippen molar-refractivity contribution in [3.8, 4) is 5.88 Å². The molecule has 10 heteroatoms. The van der Waals surface area contributed by atoms with Crippen LogP contribution in [0.1, 0.15) is 36.7 Å². The highest BCUT2D eigenvalue weighted by Crippen LogP contribution is 2.28. The number of nitrogens with one attached hydrogen (secondary N) is 1. The summed E-state index contributed by atoms with van der Waals surface area (Å²) in [4.78, 5) is 19.2. The summed E-state index contributed by atoms with van der Waals surface area (Å²) in [5, 5.41) is 11.0. The molecule has 0 amide bonds. The van der Waals surface area contributed by atoms with Gasteiger partial charge in [-0.3, -0.25) is 9.30 Å². The van der Waals surface area contributed by atoms with Gasteiger partial charge >= 0.3 is 5.97 Å². The molecule has 0 atom stereocenters. The van der Waals surface area contributed by atoms with Crippen LogP contribution in [0.15, 0.2) is 47.5 Å². The van der Waals surface area contributed by atoms with Crippen molar-refractivity contribution in [1.29, 1.82) is 0 Å². The van der Waals surface area contributed by atoms with Gasteiger partial charge in [-0.15, -0.1) is 0 Å². The number of rotatable bonds is 8. The number of esters is 1. The molecule has 9 nitrogen and oxygen atoms in total.